The maximum atomic E-state index is 9.13. The van der Waals surface area contributed by atoms with Crippen LogP contribution in [0.2, 0.25) is 0 Å². The van der Waals surface area contributed by atoms with Crippen molar-refractivity contribution in [1.82, 2.24) is 10.2 Å². The van der Waals surface area contributed by atoms with Gasteiger partial charge >= 0.3 is 0 Å². The van der Waals surface area contributed by atoms with Gasteiger partial charge in [-0.2, -0.15) is 22.1 Å². The summed E-state index contributed by atoms with van der Waals surface area (Å²) in [5.41, 5.74) is 2.32. The quantitative estimate of drug-likeness (QED) is 0.869. The third-order valence-electron chi connectivity index (χ3n) is 2.64. The molecule has 1 atom stereocenters. The fraction of sp³-hybridized carbons (Fsp3) is 0.583. The largest absolute Gasteiger partial charge is 0.367 e. The number of nitriles is 1. The van der Waals surface area contributed by atoms with Crippen molar-refractivity contribution in [3.63, 3.8) is 0 Å². The van der Waals surface area contributed by atoms with Gasteiger partial charge in [0.1, 0.15) is 11.6 Å². The number of aryl methyl sites for hydroxylation is 1. The van der Waals surface area contributed by atoms with Crippen molar-refractivity contribution >= 4 is 17.6 Å². The molecule has 1 aromatic rings. The second kappa shape index (κ2) is 6.45. The van der Waals surface area contributed by atoms with Crippen molar-refractivity contribution in [2.45, 2.75) is 20.8 Å². The van der Waals surface area contributed by atoms with Crippen LogP contribution in [0.15, 0.2) is 0 Å². The predicted molar refractivity (Wildman–Crippen MR) is 72.3 cm³/mol. The lowest BCUT2D eigenvalue weighted by Crippen LogP contribution is -2.16. The average molecular weight is 250 g/mol. The molecule has 1 heterocycles. The third kappa shape index (κ3) is 3.60. The number of aromatic nitrogens is 2. The molecule has 1 N–H and O–H groups in total. The first kappa shape index (κ1) is 13.8. The second-order valence-corrected chi connectivity index (χ2v) is 5.10. The summed E-state index contributed by atoms with van der Waals surface area (Å²) in [6.45, 7) is 6.75. The van der Waals surface area contributed by atoms with Crippen molar-refractivity contribution in [3.8, 4) is 6.07 Å². The summed E-state index contributed by atoms with van der Waals surface area (Å²) in [5, 5.41) is 20.4. The number of thioether (sulfide) groups is 1. The van der Waals surface area contributed by atoms with Gasteiger partial charge < -0.3 is 5.32 Å². The third-order valence-corrected chi connectivity index (χ3v) is 3.54. The molecule has 0 saturated heterocycles. The van der Waals surface area contributed by atoms with Gasteiger partial charge in [-0.1, -0.05) is 6.92 Å². The molecule has 0 aromatic carbocycles. The number of rotatable bonds is 5. The molecule has 0 amide bonds. The molecule has 0 aliphatic carbocycles. The van der Waals surface area contributed by atoms with E-state index in [-0.39, 0.29) is 0 Å². The van der Waals surface area contributed by atoms with E-state index in [2.05, 4.69) is 34.8 Å². The minimum atomic E-state index is 0.542. The first-order chi connectivity index (χ1) is 8.10. The van der Waals surface area contributed by atoms with Gasteiger partial charge in [0.15, 0.2) is 5.82 Å². The zero-order valence-corrected chi connectivity index (χ0v) is 11.6. The van der Waals surface area contributed by atoms with E-state index < -0.39 is 0 Å². The van der Waals surface area contributed by atoms with Crippen LogP contribution in [0.1, 0.15) is 23.7 Å². The van der Waals surface area contributed by atoms with Gasteiger partial charge in [0, 0.05) is 6.54 Å². The highest BCUT2D eigenvalue weighted by atomic mass is 32.2. The summed E-state index contributed by atoms with van der Waals surface area (Å²) in [7, 11) is 0. The lowest BCUT2D eigenvalue weighted by molar-refractivity contribution is 0.697. The van der Waals surface area contributed by atoms with E-state index in [0.29, 0.717) is 17.3 Å². The van der Waals surface area contributed by atoms with Crippen LogP contribution < -0.4 is 5.32 Å². The molecule has 0 aliphatic rings. The van der Waals surface area contributed by atoms with Crippen molar-refractivity contribution in [2.24, 2.45) is 5.92 Å². The Morgan fingerprint density at radius 2 is 2.12 bits per heavy atom. The zero-order chi connectivity index (χ0) is 12.8. The van der Waals surface area contributed by atoms with Crippen molar-refractivity contribution in [1.29, 1.82) is 5.26 Å². The minimum Gasteiger partial charge on any atom is -0.367 e. The molecule has 0 fully saturated rings. The highest BCUT2D eigenvalue weighted by Crippen LogP contribution is 2.17. The minimum absolute atomic E-state index is 0.542. The van der Waals surface area contributed by atoms with Gasteiger partial charge in [0.25, 0.3) is 0 Å². The topological polar surface area (TPSA) is 61.6 Å². The van der Waals surface area contributed by atoms with Crippen LogP contribution in [0.25, 0.3) is 0 Å². The molecular weight excluding hydrogens is 232 g/mol. The molecular formula is C12H18N4S. The smallest absolute Gasteiger partial charge is 0.166 e. The van der Waals surface area contributed by atoms with Gasteiger partial charge in [-0.15, -0.1) is 5.10 Å². The summed E-state index contributed by atoms with van der Waals surface area (Å²) in [6.07, 6.45) is 2.09. The van der Waals surface area contributed by atoms with Gasteiger partial charge in [0.2, 0.25) is 0 Å². The Morgan fingerprint density at radius 3 is 2.71 bits per heavy atom. The second-order valence-electron chi connectivity index (χ2n) is 4.19. The van der Waals surface area contributed by atoms with E-state index >= 15 is 0 Å². The normalized spacial score (nSPS) is 11.9. The highest BCUT2D eigenvalue weighted by molar-refractivity contribution is 7.98. The Labute approximate surface area is 107 Å². The van der Waals surface area contributed by atoms with Gasteiger partial charge in [-0.05, 0) is 37.3 Å². The Balaban J connectivity index is 2.79. The molecule has 1 rings (SSSR count). The van der Waals surface area contributed by atoms with Crippen LogP contribution in [0.3, 0.4) is 0 Å². The monoisotopic (exact) mass is 250 g/mol. The fourth-order valence-electron chi connectivity index (χ4n) is 1.48. The molecule has 4 nitrogen and oxygen atoms in total. The SMILES string of the molecule is CSCC(C)CNc1nnc(C)c(C)c1C#N. The molecule has 5 heteroatoms. The molecule has 17 heavy (non-hydrogen) atoms. The van der Waals surface area contributed by atoms with Gasteiger partial charge in [-0.3, -0.25) is 0 Å². The molecule has 1 unspecified atom stereocenters. The van der Waals surface area contributed by atoms with Crippen molar-refractivity contribution in [2.75, 3.05) is 23.9 Å². The molecule has 0 spiro atoms. The first-order valence-electron chi connectivity index (χ1n) is 5.57. The van der Waals surface area contributed by atoms with Crippen LogP contribution in [-0.2, 0) is 0 Å². The van der Waals surface area contributed by atoms with Crippen molar-refractivity contribution in [3.05, 3.63) is 16.8 Å². The van der Waals surface area contributed by atoms with Crippen LogP contribution >= 0.6 is 11.8 Å². The predicted octanol–water partition coefficient (Wildman–Crippen LogP) is 2.38. The summed E-state index contributed by atoms with van der Waals surface area (Å²) < 4.78 is 0. The lowest BCUT2D eigenvalue weighted by atomic mass is 10.1. The molecule has 0 aliphatic heterocycles. The molecule has 0 radical (unpaired) electrons. The summed E-state index contributed by atoms with van der Waals surface area (Å²) in [4.78, 5) is 0. The van der Waals surface area contributed by atoms with Crippen molar-refractivity contribution < 1.29 is 0 Å². The Hall–Kier alpha value is -1.28. The number of anilines is 1. The standard InChI is InChI=1S/C12H18N4S/c1-8(7-17-4)6-14-12-11(5-13)9(2)10(3)15-16-12/h8H,6-7H2,1-4H3,(H,14,16). The van der Waals surface area contributed by atoms with Crippen LogP contribution in [0, 0.1) is 31.1 Å². The van der Waals surface area contributed by atoms with E-state index in [9.17, 15) is 0 Å². The number of hydrogen-bond acceptors (Lipinski definition) is 5. The Morgan fingerprint density at radius 1 is 1.41 bits per heavy atom. The van der Waals surface area contributed by atoms with E-state index in [0.717, 1.165) is 23.6 Å². The summed E-state index contributed by atoms with van der Waals surface area (Å²) in [6, 6.07) is 2.19. The Kier molecular flexibility index (Phi) is 5.23. The molecule has 0 saturated carbocycles. The van der Waals surface area contributed by atoms with Crippen LogP contribution in [0.4, 0.5) is 5.82 Å². The molecule has 92 valence electrons. The highest BCUT2D eigenvalue weighted by Gasteiger charge is 2.11. The van der Waals surface area contributed by atoms with E-state index in [1.165, 1.54) is 0 Å². The zero-order valence-electron chi connectivity index (χ0n) is 10.7. The van der Waals surface area contributed by atoms with E-state index in [1.54, 1.807) is 0 Å². The molecule has 0 bridgehead atoms. The summed E-state index contributed by atoms with van der Waals surface area (Å²) in [5.74, 6) is 2.23. The van der Waals surface area contributed by atoms with Crippen LogP contribution in [-0.4, -0.2) is 28.8 Å². The maximum absolute atomic E-state index is 9.13. The Bertz CT molecular complexity index is 425. The van der Waals surface area contributed by atoms with Gasteiger partial charge in [-0.25, -0.2) is 0 Å². The maximum Gasteiger partial charge on any atom is 0.166 e. The number of hydrogen-bond donors (Lipinski definition) is 1. The first-order valence-corrected chi connectivity index (χ1v) is 6.96. The lowest BCUT2D eigenvalue weighted by Gasteiger charge is -2.13. The summed E-state index contributed by atoms with van der Waals surface area (Å²) >= 11 is 1.82. The number of nitrogens with one attached hydrogen (secondary N) is 1. The fourth-order valence-corrected chi connectivity index (χ4v) is 2.17. The van der Waals surface area contributed by atoms with E-state index in [4.69, 9.17) is 5.26 Å². The van der Waals surface area contributed by atoms with Crippen LogP contribution in [0.5, 0.6) is 0 Å². The molecule has 1 aromatic heterocycles. The average Bonchev–Trinajstić information content (AvgIpc) is 2.31. The van der Waals surface area contributed by atoms with Gasteiger partial charge in [0.05, 0.1) is 5.69 Å². The van der Waals surface area contributed by atoms with E-state index in [1.807, 2.05) is 25.6 Å². The number of nitrogens with zero attached hydrogens (tertiary/aromatic N) is 3.